The quantitative estimate of drug-likeness (QED) is 0.486. The number of aliphatic imine (C=N–C) groups is 1. The van der Waals surface area contributed by atoms with E-state index in [0.29, 0.717) is 11.4 Å². The van der Waals surface area contributed by atoms with Crippen molar-refractivity contribution in [2.45, 2.75) is 6.17 Å². The summed E-state index contributed by atoms with van der Waals surface area (Å²) in [6.07, 6.45) is -1.08. The zero-order chi connectivity index (χ0) is 22.8. The van der Waals surface area contributed by atoms with Crippen LogP contribution >= 0.6 is 0 Å². The number of hydrogen-bond donors (Lipinski definition) is 2. The van der Waals surface area contributed by atoms with E-state index < -0.39 is 12.2 Å². The SMILES string of the molecule is CN1C(=O)[C@H](NC(=O)Nc2cccc3ccccc23)N=C(c2ccccc2)c2ccccc21. The summed E-state index contributed by atoms with van der Waals surface area (Å²) < 4.78 is 0. The number of benzodiazepines with no additional fused rings is 1. The summed E-state index contributed by atoms with van der Waals surface area (Å²) in [5, 5.41) is 7.56. The van der Waals surface area contributed by atoms with E-state index in [0.717, 1.165) is 27.6 Å². The molecule has 4 aromatic carbocycles. The Morgan fingerprint density at radius 1 is 0.848 bits per heavy atom. The van der Waals surface area contributed by atoms with Gasteiger partial charge in [-0.25, -0.2) is 9.79 Å². The summed E-state index contributed by atoms with van der Waals surface area (Å²) in [6, 6.07) is 30.3. The largest absolute Gasteiger partial charge is 0.321 e. The predicted octanol–water partition coefficient (Wildman–Crippen LogP) is 4.80. The van der Waals surface area contributed by atoms with Crippen LogP contribution in [0.4, 0.5) is 16.2 Å². The van der Waals surface area contributed by atoms with Crippen LogP contribution in [-0.2, 0) is 4.79 Å². The van der Waals surface area contributed by atoms with Crippen molar-refractivity contribution in [3.8, 4) is 0 Å². The minimum atomic E-state index is -1.08. The molecule has 6 heteroatoms. The molecule has 162 valence electrons. The van der Waals surface area contributed by atoms with Gasteiger partial charge in [0.25, 0.3) is 5.91 Å². The highest BCUT2D eigenvalue weighted by atomic mass is 16.2. The Bertz CT molecular complexity index is 1380. The number of benzene rings is 4. The molecule has 2 N–H and O–H groups in total. The summed E-state index contributed by atoms with van der Waals surface area (Å²) in [5.74, 6) is -0.318. The second kappa shape index (κ2) is 8.59. The van der Waals surface area contributed by atoms with Crippen LogP contribution in [0.1, 0.15) is 11.1 Å². The number of anilines is 2. The third-order valence-electron chi connectivity index (χ3n) is 5.70. The van der Waals surface area contributed by atoms with Crippen LogP contribution in [0.3, 0.4) is 0 Å². The van der Waals surface area contributed by atoms with Gasteiger partial charge in [-0.1, -0.05) is 84.9 Å². The highest BCUT2D eigenvalue weighted by Crippen LogP contribution is 2.27. The molecule has 4 aromatic rings. The zero-order valence-corrected chi connectivity index (χ0v) is 18.0. The van der Waals surface area contributed by atoms with E-state index in [2.05, 4.69) is 10.6 Å². The molecule has 1 heterocycles. The van der Waals surface area contributed by atoms with Gasteiger partial charge in [0.2, 0.25) is 6.17 Å². The number of rotatable bonds is 3. The Labute approximate surface area is 191 Å². The molecular weight excluding hydrogens is 412 g/mol. The second-order valence-corrected chi connectivity index (χ2v) is 7.79. The van der Waals surface area contributed by atoms with Gasteiger partial charge < -0.3 is 15.5 Å². The van der Waals surface area contributed by atoms with E-state index in [1.165, 1.54) is 4.90 Å². The number of carbonyl (C=O) groups excluding carboxylic acids is 2. The third-order valence-corrected chi connectivity index (χ3v) is 5.70. The fraction of sp³-hybridized carbons (Fsp3) is 0.0741. The number of likely N-dealkylation sites (N-methyl/N-ethyl adjacent to an activating group) is 1. The number of nitrogens with one attached hydrogen (secondary N) is 2. The molecule has 0 unspecified atom stereocenters. The first-order chi connectivity index (χ1) is 16.1. The number of fused-ring (bicyclic) bond motifs is 2. The van der Waals surface area contributed by atoms with E-state index in [9.17, 15) is 9.59 Å². The second-order valence-electron chi connectivity index (χ2n) is 7.79. The molecule has 0 radical (unpaired) electrons. The lowest BCUT2D eigenvalue weighted by Crippen LogP contribution is -2.47. The molecule has 33 heavy (non-hydrogen) atoms. The van der Waals surface area contributed by atoms with Gasteiger partial charge >= 0.3 is 6.03 Å². The Kier molecular flexibility index (Phi) is 5.32. The molecule has 0 bridgehead atoms. The molecule has 0 aromatic heterocycles. The molecule has 6 nitrogen and oxygen atoms in total. The van der Waals surface area contributed by atoms with E-state index in [1.54, 1.807) is 7.05 Å². The van der Waals surface area contributed by atoms with E-state index in [-0.39, 0.29) is 5.91 Å². The smallest absolute Gasteiger partial charge is 0.311 e. The number of amides is 3. The van der Waals surface area contributed by atoms with Crippen LogP contribution in [0, 0.1) is 0 Å². The van der Waals surface area contributed by atoms with Crippen molar-refractivity contribution in [2.24, 2.45) is 4.99 Å². The maximum Gasteiger partial charge on any atom is 0.321 e. The van der Waals surface area contributed by atoms with Crippen molar-refractivity contribution in [3.05, 3.63) is 108 Å². The minimum Gasteiger partial charge on any atom is -0.311 e. The van der Waals surface area contributed by atoms with Crippen LogP contribution in [0.15, 0.2) is 102 Å². The van der Waals surface area contributed by atoms with Crippen molar-refractivity contribution in [2.75, 3.05) is 17.3 Å². The van der Waals surface area contributed by atoms with Crippen molar-refractivity contribution < 1.29 is 9.59 Å². The van der Waals surface area contributed by atoms with Crippen molar-refractivity contribution in [3.63, 3.8) is 0 Å². The van der Waals surface area contributed by atoms with Gasteiger partial charge in [0, 0.05) is 23.6 Å². The first kappa shape index (κ1) is 20.5. The van der Waals surface area contributed by atoms with E-state index >= 15 is 0 Å². The van der Waals surface area contributed by atoms with Gasteiger partial charge in [-0.15, -0.1) is 0 Å². The van der Waals surface area contributed by atoms with Gasteiger partial charge in [-0.3, -0.25) is 4.79 Å². The summed E-state index contributed by atoms with van der Waals surface area (Å²) in [7, 11) is 1.70. The Hall–Kier alpha value is -4.45. The lowest BCUT2D eigenvalue weighted by Gasteiger charge is -2.21. The normalized spacial score (nSPS) is 15.4. The van der Waals surface area contributed by atoms with Crippen LogP contribution in [0.2, 0.25) is 0 Å². The van der Waals surface area contributed by atoms with Gasteiger partial charge in [0.05, 0.1) is 17.1 Å². The Morgan fingerprint density at radius 3 is 2.39 bits per heavy atom. The predicted molar refractivity (Wildman–Crippen MR) is 132 cm³/mol. The first-order valence-electron chi connectivity index (χ1n) is 10.7. The molecule has 1 atom stereocenters. The van der Waals surface area contributed by atoms with Crippen LogP contribution in [-0.4, -0.2) is 30.9 Å². The maximum atomic E-state index is 13.3. The van der Waals surface area contributed by atoms with Crippen LogP contribution in [0.5, 0.6) is 0 Å². The molecular formula is C27H22N4O2. The topological polar surface area (TPSA) is 73.8 Å². The van der Waals surface area contributed by atoms with E-state index in [1.807, 2.05) is 97.1 Å². The Morgan fingerprint density at radius 2 is 1.55 bits per heavy atom. The molecule has 0 aliphatic carbocycles. The van der Waals surface area contributed by atoms with Crippen LogP contribution < -0.4 is 15.5 Å². The lowest BCUT2D eigenvalue weighted by molar-refractivity contribution is -0.119. The molecule has 0 saturated heterocycles. The lowest BCUT2D eigenvalue weighted by atomic mass is 10.0. The van der Waals surface area contributed by atoms with Crippen molar-refractivity contribution in [1.82, 2.24) is 5.32 Å². The highest BCUT2D eigenvalue weighted by Gasteiger charge is 2.31. The Balaban J connectivity index is 1.49. The number of nitrogens with zero attached hydrogens (tertiary/aromatic N) is 2. The molecule has 3 amide bonds. The third kappa shape index (κ3) is 3.94. The monoisotopic (exact) mass is 434 g/mol. The molecule has 0 spiro atoms. The first-order valence-corrected chi connectivity index (χ1v) is 10.7. The molecule has 0 fully saturated rings. The van der Waals surface area contributed by atoms with Gasteiger partial charge in [-0.05, 0) is 17.5 Å². The van der Waals surface area contributed by atoms with Crippen molar-refractivity contribution >= 4 is 39.8 Å². The molecule has 1 aliphatic heterocycles. The van der Waals surface area contributed by atoms with E-state index in [4.69, 9.17) is 4.99 Å². The summed E-state index contributed by atoms with van der Waals surface area (Å²) in [6.45, 7) is 0. The summed E-state index contributed by atoms with van der Waals surface area (Å²) >= 11 is 0. The minimum absolute atomic E-state index is 0.318. The fourth-order valence-electron chi connectivity index (χ4n) is 4.06. The maximum absolute atomic E-state index is 13.3. The average Bonchev–Trinajstić information content (AvgIpc) is 2.95. The molecule has 1 aliphatic rings. The van der Waals surface area contributed by atoms with Gasteiger partial charge in [-0.2, -0.15) is 0 Å². The van der Waals surface area contributed by atoms with Crippen molar-refractivity contribution in [1.29, 1.82) is 0 Å². The summed E-state index contributed by atoms with van der Waals surface area (Å²) in [5.41, 5.74) is 3.76. The van der Waals surface area contributed by atoms with Crippen LogP contribution in [0.25, 0.3) is 10.8 Å². The number of hydrogen-bond acceptors (Lipinski definition) is 3. The standard InChI is InChI=1S/C27H22N4O2/c1-31-23-17-8-7-15-21(23)24(19-11-3-2-4-12-19)29-25(26(31)32)30-27(33)28-22-16-9-13-18-10-5-6-14-20(18)22/h2-17,25H,1H3,(H2,28,30,33)/t25-/m0/s1. The summed E-state index contributed by atoms with van der Waals surface area (Å²) in [4.78, 5) is 32.5. The molecule has 0 saturated carbocycles. The van der Waals surface area contributed by atoms with Gasteiger partial charge in [0.15, 0.2) is 0 Å². The number of urea groups is 1. The van der Waals surface area contributed by atoms with Gasteiger partial charge in [0.1, 0.15) is 0 Å². The zero-order valence-electron chi connectivity index (χ0n) is 18.0. The number of carbonyl (C=O) groups is 2. The highest BCUT2D eigenvalue weighted by molar-refractivity contribution is 6.20. The molecule has 5 rings (SSSR count). The fourth-order valence-corrected chi connectivity index (χ4v) is 4.06. The number of para-hydroxylation sites is 1. The average molecular weight is 434 g/mol.